The van der Waals surface area contributed by atoms with Gasteiger partial charge >= 0.3 is 0 Å². The normalized spacial score (nSPS) is 15.8. The van der Waals surface area contributed by atoms with Crippen LogP contribution in [0, 0.1) is 0 Å². The summed E-state index contributed by atoms with van der Waals surface area (Å²) < 4.78 is 29.6. The number of para-hydroxylation sites is 2. The lowest BCUT2D eigenvalue weighted by molar-refractivity contribution is 0.577. The van der Waals surface area contributed by atoms with Gasteiger partial charge in [0.2, 0.25) is 9.84 Å². The van der Waals surface area contributed by atoms with Crippen LogP contribution in [0.3, 0.4) is 0 Å². The van der Waals surface area contributed by atoms with Gasteiger partial charge in [0, 0.05) is 10.8 Å². The molecule has 1 spiro atoms. The summed E-state index contributed by atoms with van der Waals surface area (Å²) in [4.78, 5) is 14.7. The summed E-state index contributed by atoms with van der Waals surface area (Å²) in [6.45, 7) is 0. The van der Waals surface area contributed by atoms with E-state index < -0.39 is 15.3 Å². The van der Waals surface area contributed by atoms with E-state index in [-0.39, 0.29) is 5.56 Å². The Labute approximate surface area is 213 Å². The molecule has 0 unspecified atom stereocenters. The van der Waals surface area contributed by atoms with E-state index in [9.17, 15) is 13.2 Å². The standard InChI is InChI=1S/C32H19NO3S/c34-31-22-11-2-1-10-20(22)21-12-9-16-26-30(21)33(31)27-17-6-3-13-23(27)32(26)24-14-4-7-18-28(24)37(35,36)29-19-8-5-15-25(29)32/h1-19H. The highest BCUT2D eigenvalue weighted by molar-refractivity contribution is 7.91. The molecule has 8 rings (SSSR count). The molecule has 0 atom stereocenters. The van der Waals surface area contributed by atoms with Gasteiger partial charge in [0.25, 0.3) is 5.56 Å². The first kappa shape index (κ1) is 20.7. The van der Waals surface area contributed by atoms with E-state index in [0.29, 0.717) is 26.3 Å². The molecule has 176 valence electrons. The van der Waals surface area contributed by atoms with Gasteiger partial charge in [-0.15, -0.1) is 0 Å². The SMILES string of the molecule is O=c1c2ccccc2c2cccc3c2n1-c1ccccc1C31c2ccccc2S(=O)(=O)c2ccccc21. The molecule has 4 nitrogen and oxygen atoms in total. The van der Waals surface area contributed by atoms with Gasteiger partial charge in [-0.1, -0.05) is 91.0 Å². The van der Waals surface area contributed by atoms with Crippen LogP contribution in [0.2, 0.25) is 0 Å². The first-order chi connectivity index (χ1) is 18.1. The van der Waals surface area contributed by atoms with E-state index in [2.05, 4.69) is 12.1 Å². The maximum absolute atomic E-state index is 14.1. The zero-order valence-electron chi connectivity index (χ0n) is 19.5. The number of rotatable bonds is 0. The second-order valence-corrected chi connectivity index (χ2v) is 11.5. The van der Waals surface area contributed by atoms with Crippen LogP contribution in [0.5, 0.6) is 0 Å². The van der Waals surface area contributed by atoms with Crippen LogP contribution in [0.15, 0.2) is 130 Å². The van der Waals surface area contributed by atoms with Crippen LogP contribution in [0.4, 0.5) is 0 Å². The summed E-state index contributed by atoms with van der Waals surface area (Å²) in [5.74, 6) is 0. The number of aromatic nitrogens is 1. The molecular formula is C32H19NO3S. The Balaban J connectivity index is 1.73. The molecule has 0 saturated heterocycles. The number of hydrogen-bond donors (Lipinski definition) is 0. The minimum Gasteiger partial charge on any atom is -0.276 e. The Hall–Kier alpha value is -4.48. The van der Waals surface area contributed by atoms with Gasteiger partial charge in [0.05, 0.1) is 26.4 Å². The second-order valence-electron chi connectivity index (χ2n) is 9.65. The van der Waals surface area contributed by atoms with Gasteiger partial charge in [-0.3, -0.25) is 9.36 Å². The number of nitrogens with zero attached hydrogens (tertiary/aromatic N) is 1. The topological polar surface area (TPSA) is 56.1 Å². The van der Waals surface area contributed by atoms with Gasteiger partial charge in [-0.2, -0.15) is 0 Å². The molecule has 3 heterocycles. The highest BCUT2D eigenvalue weighted by Gasteiger charge is 2.52. The fraction of sp³-hybridized carbons (Fsp3) is 0.0312. The predicted molar refractivity (Wildman–Crippen MR) is 144 cm³/mol. The van der Waals surface area contributed by atoms with E-state index in [1.165, 1.54) is 0 Å². The van der Waals surface area contributed by atoms with E-state index >= 15 is 0 Å². The van der Waals surface area contributed by atoms with Gasteiger partial charge < -0.3 is 0 Å². The van der Waals surface area contributed by atoms with Gasteiger partial charge in [0.1, 0.15) is 0 Å². The van der Waals surface area contributed by atoms with Crippen molar-refractivity contribution in [2.45, 2.75) is 15.2 Å². The number of fused-ring (bicyclic) bond motifs is 10. The monoisotopic (exact) mass is 497 g/mol. The molecule has 0 fully saturated rings. The van der Waals surface area contributed by atoms with Crippen LogP contribution in [-0.4, -0.2) is 13.0 Å². The van der Waals surface area contributed by atoms with Crippen molar-refractivity contribution in [1.29, 1.82) is 0 Å². The fourth-order valence-electron chi connectivity index (χ4n) is 6.66. The van der Waals surface area contributed by atoms with E-state index in [1.807, 2.05) is 83.4 Å². The summed E-state index contributed by atoms with van der Waals surface area (Å²) in [5, 5.41) is 2.51. The summed E-state index contributed by atoms with van der Waals surface area (Å²) in [6, 6.07) is 36.3. The molecule has 2 aliphatic rings. The van der Waals surface area contributed by atoms with Gasteiger partial charge in [-0.05, 0) is 51.9 Å². The third-order valence-corrected chi connectivity index (χ3v) is 9.89. The lowest BCUT2D eigenvalue weighted by Crippen LogP contribution is -2.42. The average Bonchev–Trinajstić information content (AvgIpc) is 2.95. The molecule has 5 aromatic carbocycles. The van der Waals surface area contributed by atoms with Crippen molar-refractivity contribution in [2.24, 2.45) is 0 Å². The minimum absolute atomic E-state index is 0.0807. The van der Waals surface area contributed by atoms with Crippen LogP contribution < -0.4 is 5.56 Å². The first-order valence-corrected chi connectivity index (χ1v) is 13.7. The third-order valence-electron chi connectivity index (χ3n) is 8.02. The molecule has 5 heteroatoms. The number of sulfone groups is 1. The molecule has 0 amide bonds. The Morgan fingerprint density at radius 1 is 0.514 bits per heavy atom. The molecule has 6 aromatic rings. The fourth-order valence-corrected chi connectivity index (χ4v) is 8.43. The van der Waals surface area contributed by atoms with Crippen molar-refractivity contribution in [2.75, 3.05) is 0 Å². The van der Waals surface area contributed by atoms with Crippen LogP contribution in [0.25, 0.3) is 27.4 Å². The minimum atomic E-state index is -3.74. The van der Waals surface area contributed by atoms with Crippen LogP contribution >= 0.6 is 0 Å². The Morgan fingerprint density at radius 3 is 1.73 bits per heavy atom. The molecule has 0 bridgehead atoms. The van der Waals surface area contributed by atoms with Crippen molar-refractivity contribution < 1.29 is 8.42 Å². The predicted octanol–water partition coefficient (Wildman–Crippen LogP) is 5.99. The lowest BCUT2D eigenvalue weighted by atomic mass is 9.62. The number of pyridine rings is 1. The third kappa shape index (κ3) is 2.29. The largest absolute Gasteiger partial charge is 0.276 e. The van der Waals surface area contributed by atoms with E-state index in [0.717, 1.165) is 33.1 Å². The zero-order chi connectivity index (χ0) is 24.9. The summed E-state index contributed by atoms with van der Waals surface area (Å²) in [7, 11) is -3.74. The van der Waals surface area contributed by atoms with Gasteiger partial charge in [-0.25, -0.2) is 8.42 Å². The number of benzene rings is 5. The summed E-state index contributed by atoms with van der Waals surface area (Å²) in [5.41, 5.74) is 3.80. The molecular weight excluding hydrogens is 478 g/mol. The number of hydrogen-bond acceptors (Lipinski definition) is 3. The van der Waals surface area contributed by atoms with Crippen molar-refractivity contribution in [3.05, 3.63) is 148 Å². The highest BCUT2D eigenvalue weighted by Crippen LogP contribution is 2.57. The molecule has 1 aromatic heterocycles. The summed E-state index contributed by atoms with van der Waals surface area (Å²) >= 11 is 0. The summed E-state index contributed by atoms with van der Waals surface area (Å²) in [6.07, 6.45) is 0. The van der Waals surface area contributed by atoms with E-state index in [1.54, 1.807) is 24.3 Å². The molecule has 0 radical (unpaired) electrons. The zero-order valence-corrected chi connectivity index (χ0v) is 20.4. The molecule has 0 N–H and O–H groups in total. The van der Waals surface area contributed by atoms with E-state index in [4.69, 9.17) is 0 Å². The van der Waals surface area contributed by atoms with Crippen LogP contribution in [-0.2, 0) is 15.3 Å². The average molecular weight is 498 g/mol. The van der Waals surface area contributed by atoms with Crippen LogP contribution in [0.1, 0.15) is 22.3 Å². The Morgan fingerprint density at radius 2 is 1.03 bits per heavy atom. The molecule has 0 saturated carbocycles. The molecule has 2 aliphatic heterocycles. The smallest absolute Gasteiger partial charge is 0.263 e. The van der Waals surface area contributed by atoms with Crippen molar-refractivity contribution in [1.82, 2.24) is 4.57 Å². The maximum Gasteiger partial charge on any atom is 0.263 e. The highest BCUT2D eigenvalue weighted by atomic mass is 32.2. The van der Waals surface area contributed by atoms with Gasteiger partial charge in [0.15, 0.2) is 0 Å². The lowest BCUT2D eigenvalue weighted by Gasteiger charge is -2.45. The van der Waals surface area contributed by atoms with Crippen molar-refractivity contribution in [3.63, 3.8) is 0 Å². The maximum atomic E-state index is 14.1. The van der Waals surface area contributed by atoms with Crippen molar-refractivity contribution >= 4 is 31.5 Å². The Bertz CT molecular complexity index is 2090. The molecule has 37 heavy (non-hydrogen) atoms. The molecule has 0 aliphatic carbocycles. The second kappa shape index (κ2) is 6.84. The first-order valence-electron chi connectivity index (χ1n) is 12.2. The van der Waals surface area contributed by atoms with Crippen molar-refractivity contribution in [3.8, 4) is 5.69 Å². The Kier molecular flexibility index (Phi) is 3.82. The quantitative estimate of drug-likeness (QED) is 0.242.